The Labute approximate surface area is 167 Å². The predicted molar refractivity (Wildman–Crippen MR) is 102 cm³/mol. The molecule has 28 heavy (non-hydrogen) atoms. The number of amides is 3. The molecule has 0 atom stereocenters. The number of carbonyl (C=O) groups is 2. The van der Waals surface area contributed by atoms with E-state index in [2.05, 4.69) is 10.3 Å². The lowest BCUT2D eigenvalue weighted by molar-refractivity contribution is -0.123. The van der Waals surface area contributed by atoms with E-state index in [1.54, 1.807) is 18.3 Å². The van der Waals surface area contributed by atoms with Gasteiger partial charge in [0.15, 0.2) is 11.6 Å². The summed E-state index contributed by atoms with van der Waals surface area (Å²) in [5, 5.41) is 3.95. The molecular formula is C19H11Cl2F2N3O2. The van der Waals surface area contributed by atoms with E-state index < -0.39 is 23.6 Å². The minimum Gasteiger partial charge on any atom is -0.359 e. The normalized spacial score (nSPS) is 15.7. The zero-order valence-electron chi connectivity index (χ0n) is 14.0. The summed E-state index contributed by atoms with van der Waals surface area (Å²) in [6.07, 6.45) is 3.14. The number of imide groups is 1. The van der Waals surface area contributed by atoms with E-state index in [-0.39, 0.29) is 17.8 Å². The molecule has 142 valence electrons. The molecule has 1 aromatic heterocycles. The van der Waals surface area contributed by atoms with Crippen LogP contribution in [0.4, 0.5) is 13.6 Å². The fourth-order valence-corrected chi connectivity index (χ4v) is 3.35. The average Bonchev–Trinajstić information content (AvgIpc) is 3.18. The third kappa shape index (κ3) is 3.12. The first-order valence-corrected chi connectivity index (χ1v) is 8.84. The molecular weight excluding hydrogens is 411 g/mol. The van der Waals surface area contributed by atoms with Gasteiger partial charge < -0.3 is 10.3 Å². The molecule has 1 saturated heterocycles. The van der Waals surface area contributed by atoms with Gasteiger partial charge in [0, 0.05) is 17.1 Å². The number of H-pyrrole nitrogens is 1. The second-order valence-corrected chi connectivity index (χ2v) is 6.94. The van der Waals surface area contributed by atoms with Crippen molar-refractivity contribution < 1.29 is 18.4 Å². The molecule has 0 radical (unpaired) electrons. The molecule has 0 bridgehead atoms. The van der Waals surface area contributed by atoms with Crippen LogP contribution in [0.5, 0.6) is 0 Å². The van der Waals surface area contributed by atoms with E-state index in [0.717, 1.165) is 22.4 Å². The van der Waals surface area contributed by atoms with Crippen molar-refractivity contribution in [2.24, 2.45) is 0 Å². The maximum absolute atomic E-state index is 13.4. The Morgan fingerprint density at radius 2 is 1.86 bits per heavy atom. The third-order valence-electron chi connectivity index (χ3n) is 4.36. The van der Waals surface area contributed by atoms with Crippen LogP contribution in [0.3, 0.4) is 0 Å². The van der Waals surface area contributed by atoms with Gasteiger partial charge in [0.2, 0.25) is 0 Å². The second kappa shape index (κ2) is 6.92. The quantitative estimate of drug-likeness (QED) is 0.469. The summed E-state index contributed by atoms with van der Waals surface area (Å²) in [7, 11) is 0. The molecule has 5 nitrogen and oxygen atoms in total. The third-order valence-corrected chi connectivity index (χ3v) is 5.17. The molecule has 1 aliphatic rings. The molecule has 2 heterocycles. The highest BCUT2D eigenvalue weighted by Crippen LogP contribution is 2.32. The Kier molecular flexibility index (Phi) is 4.56. The van der Waals surface area contributed by atoms with Crippen molar-refractivity contribution >= 4 is 52.1 Å². The summed E-state index contributed by atoms with van der Waals surface area (Å²) in [5.74, 6) is -2.63. The summed E-state index contributed by atoms with van der Waals surface area (Å²) < 4.78 is 26.4. The number of hydrogen-bond acceptors (Lipinski definition) is 2. The summed E-state index contributed by atoms with van der Waals surface area (Å²) in [5.41, 5.74) is 1.58. The van der Waals surface area contributed by atoms with Crippen LogP contribution in [0, 0.1) is 11.6 Å². The van der Waals surface area contributed by atoms with Gasteiger partial charge in [0.05, 0.1) is 22.1 Å². The maximum Gasteiger partial charge on any atom is 0.329 e. The number of hydrogen-bond donors (Lipinski definition) is 2. The summed E-state index contributed by atoms with van der Waals surface area (Å²) in [6.45, 7) is -0.186. The molecule has 1 fully saturated rings. The van der Waals surface area contributed by atoms with E-state index in [1.165, 1.54) is 12.1 Å². The van der Waals surface area contributed by atoms with E-state index in [1.807, 2.05) is 0 Å². The number of rotatable bonds is 3. The SMILES string of the molecule is O=C1N/C(=C\c2c[nH]c3c(Cl)c(Cl)ccc23)C(=O)N1Cc1ccc(F)c(F)c1. The fraction of sp³-hybridized carbons (Fsp3) is 0.0526. The van der Waals surface area contributed by atoms with Gasteiger partial charge in [0.25, 0.3) is 5.91 Å². The van der Waals surface area contributed by atoms with E-state index >= 15 is 0 Å². The van der Waals surface area contributed by atoms with Gasteiger partial charge in [-0.3, -0.25) is 9.69 Å². The second-order valence-electron chi connectivity index (χ2n) is 6.16. The number of benzene rings is 2. The van der Waals surface area contributed by atoms with Gasteiger partial charge in [-0.05, 0) is 29.8 Å². The van der Waals surface area contributed by atoms with Crippen molar-refractivity contribution in [2.75, 3.05) is 0 Å². The van der Waals surface area contributed by atoms with Crippen LogP contribution in [0.2, 0.25) is 10.0 Å². The highest BCUT2D eigenvalue weighted by Gasteiger charge is 2.33. The molecule has 3 aromatic rings. The minimum absolute atomic E-state index is 0.0551. The molecule has 0 unspecified atom stereocenters. The molecule has 3 amide bonds. The Balaban J connectivity index is 1.63. The Morgan fingerprint density at radius 3 is 2.61 bits per heavy atom. The monoisotopic (exact) mass is 421 g/mol. The molecule has 0 spiro atoms. The molecule has 0 saturated carbocycles. The summed E-state index contributed by atoms with van der Waals surface area (Å²) >= 11 is 12.2. The van der Waals surface area contributed by atoms with Crippen LogP contribution < -0.4 is 5.32 Å². The van der Waals surface area contributed by atoms with E-state index in [0.29, 0.717) is 21.1 Å². The maximum atomic E-state index is 13.4. The largest absolute Gasteiger partial charge is 0.359 e. The first kappa shape index (κ1) is 18.5. The van der Waals surface area contributed by atoms with Crippen molar-refractivity contribution in [3.8, 4) is 0 Å². The lowest BCUT2D eigenvalue weighted by Crippen LogP contribution is -2.30. The Morgan fingerprint density at radius 1 is 1.07 bits per heavy atom. The molecule has 4 rings (SSSR count). The fourth-order valence-electron chi connectivity index (χ4n) is 2.97. The lowest BCUT2D eigenvalue weighted by atomic mass is 10.1. The minimum atomic E-state index is -1.05. The number of carbonyl (C=O) groups excluding carboxylic acids is 2. The average molecular weight is 422 g/mol. The standard InChI is InChI=1S/C19H11Cl2F2N3O2/c20-12-3-2-11-10(7-24-17(11)16(12)21)6-15-18(27)26(19(28)25-15)8-9-1-4-13(22)14(23)5-9/h1-7,24H,8H2,(H,25,28)/b15-6-. The molecule has 9 heteroatoms. The Hall–Kier alpha value is -2.90. The van der Waals surface area contributed by atoms with E-state index in [4.69, 9.17) is 23.2 Å². The number of aromatic amines is 1. The van der Waals surface area contributed by atoms with Gasteiger partial charge in [-0.2, -0.15) is 0 Å². The van der Waals surface area contributed by atoms with Crippen LogP contribution in [0.1, 0.15) is 11.1 Å². The van der Waals surface area contributed by atoms with Crippen LogP contribution >= 0.6 is 23.2 Å². The smallest absolute Gasteiger partial charge is 0.329 e. The molecule has 0 aliphatic carbocycles. The number of halogens is 4. The predicted octanol–water partition coefficient (Wildman–Crippen LogP) is 4.85. The first-order chi connectivity index (χ1) is 13.3. The van der Waals surface area contributed by atoms with Crippen LogP contribution in [0.25, 0.3) is 17.0 Å². The van der Waals surface area contributed by atoms with Crippen molar-refractivity contribution in [3.63, 3.8) is 0 Å². The van der Waals surface area contributed by atoms with Crippen LogP contribution in [0.15, 0.2) is 42.2 Å². The van der Waals surface area contributed by atoms with Crippen molar-refractivity contribution in [1.82, 2.24) is 15.2 Å². The van der Waals surface area contributed by atoms with Crippen molar-refractivity contribution in [3.05, 3.63) is 75.0 Å². The topological polar surface area (TPSA) is 65.2 Å². The zero-order valence-corrected chi connectivity index (χ0v) is 15.5. The molecule has 1 aliphatic heterocycles. The van der Waals surface area contributed by atoms with Gasteiger partial charge in [-0.25, -0.2) is 13.6 Å². The molecule has 2 aromatic carbocycles. The molecule has 2 N–H and O–H groups in total. The van der Waals surface area contributed by atoms with Gasteiger partial charge >= 0.3 is 6.03 Å². The van der Waals surface area contributed by atoms with Crippen molar-refractivity contribution in [1.29, 1.82) is 0 Å². The summed E-state index contributed by atoms with van der Waals surface area (Å²) in [4.78, 5) is 28.7. The summed E-state index contributed by atoms with van der Waals surface area (Å²) in [6, 6.07) is 5.93. The van der Waals surface area contributed by atoms with Crippen molar-refractivity contribution in [2.45, 2.75) is 6.54 Å². The number of aromatic nitrogens is 1. The number of nitrogens with zero attached hydrogens (tertiary/aromatic N) is 1. The Bertz CT molecular complexity index is 1170. The van der Waals surface area contributed by atoms with E-state index in [9.17, 15) is 18.4 Å². The number of urea groups is 1. The highest BCUT2D eigenvalue weighted by atomic mass is 35.5. The number of fused-ring (bicyclic) bond motifs is 1. The highest BCUT2D eigenvalue weighted by molar-refractivity contribution is 6.45. The van der Waals surface area contributed by atoms with Crippen LogP contribution in [-0.2, 0) is 11.3 Å². The van der Waals surface area contributed by atoms with Crippen LogP contribution in [-0.4, -0.2) is 21.8 Å². The zero-order chi connectivity index (χ0) is 20.0. The van der Waals surface area contributed by atoms with Gasteiger partial charge in [-0.1, -0.05) is 35.3 Å². The lowest BCUT2D eigenvalue weighted by Gasteiger charge is -2.11. The van der Waals surface area contributed by atoms with Gasteiger partial charge in [0.1, 0.15) is 5.70 Å². The van der Waals surface area contributed by atoms with Gasteiger partial charge in [-0.15, -0.1) is 0 Å². The first-order valence-electron chi connectivity index (χ1n) is 8.08. The number of nitrogens with one attached hydrogen (secondary N) is 2.